The van der Waals surface area contributed by atoms with E-state index in [1.54, 1.807) is 0 Å². The smallest absolute Gasteiger partial charge is 0.341 e. The number of carbonyl (C=O) groups is 1. The van der Waals surface area contributed by atoms with Crippen molar-refractivity contribution in [3.05, 3.63) is 16.3 Å². The number of aliphatic hydroxyl groups is 1. The molecule has 2 aliphatic carbocycles. The summed E-state index contributed by atoms with van der Waals surface area (Å²) in [6, 6.07) is 0.00134. The third-order valence-corrected chi connectivity index (χ3v) is 4.31. The molecule has 1 amide bonds. The summed E-state index contributed by atoms with van der Waals surface area (Å²) < 4.78 is 0. The topological polar surface area (TPSA) is 111 Å². The molecule has 18 heavy (non-hydrogen) atoms. The maximum atomic E-state index is 11.9. The van der Waals surface area contributed by atoms with Crippen molar-refractivity contribution < 1.29 is 9.90 Å². The van der Waals surface area contributed by atoms with Crippen LogP contribution in [0.3, 0.4) is 0 Å². The summed E-state index contributed by atoms with van der Waals surface area (Å²) in [4.78, 5) is 25.1. The van der Waals surface area contributed by atoms with Crippen molar-refractivity contribution in [2.24, 2.45) is 17.8 Å². The first-order chi connectivity index (χ1) is 8.69. The molecule has 2 bridgehead atoms. The van der Waals surface area contributed by atoms with Crippen molar-refractivity contribution in [2.45, 2.75) is 25.3 Å². The number of aliphatic hydroxyl groups excluding tert-OH is 1. The first-order valence-corrected chi connectivity index (χ1v) is 6.25. The van der Waals surface area contributed by atoms with Crippen LogP contribution in [-0.2, 0) is 0 Å². The van der Waals surface area contributed by atoms with Crippen molar-refractivity contribution >= 4 is 5.91 Å². The molecule has 2 saturated carbocycles. The lowest BCUT2D eigenvalue weighted by Gasteiger charge is -2.30. The van der Waals surface area contributed by atoms with Crippen LogP contribution < -0.4 is 11.0 Å². The minimum Gasteiger partial charge on any atom is -0.396 e. The van der Waals surface area contributed by atoms with Gasteiger partial charge in [-0.25, -0.2) is 9.89 Å². The number of H-pyrrole nitrogens is 2. The Morgan fingerprint density at radius 3 is 2.89 bits per heavy atom. The summed E-state index contributed by atoms with van der Waals surface area (Å²) in [5, 5.41) is 18.1. The van der Waals surface area contributed by atoms with Gasteiger partial charge >= 0.3 is 5.69 Å². The third kappa shape index (κ3) is 1.74. The van der Waals surface area contributed by atoms with Crippen LogP contribution >= 0.6 is 0 Å². The first kappa shape index (κ1) is 11.5. The van der Waals surface area contributed by atoms with E-state index in [2.05, 4.69) is 20.5 Å². The van der Waals surface area contributed by atoms with Gasteiger partial charge in [-0.1, -0.05) is 0 Å². The van der Waals surface area contributed by atoms with Crippen LogP contribution in [0.25, 0.3) is 0 Å². The Kier molecular flexibility index (Phi) is 2.70. The number of aromatic nitrogens is 3. The number of carbonyl (C=O) groups excluding carboxylic acids is 1. The largest absolute Gasteiger partial charge is 0.396 e. The highest BCUT2D eigenvalue weighted by atomic mass is 16.3. The Labute approximate surface area is 103 Å². The lowest BCUT2D eigenvalue weighted by atomic mass is 9.85. The molecule has 7 heteroatoms. The van der Waals surface area contributed by atoms with Crippen LogP contribution in [0.4, 0.5) is 0 Å². The van der Waals surface area contributed by atoms with Gasteiger partial charge in [0.25, 0.3) is 5.91 Å². The average molecular weight is 252 g/mol. The Bertz CT molecular complexity index is 508. The number of rotatable bonds is 3. The Hall–Kier alpha value is -1.63. The maximum absolute atomic E-state index is 11.9. The van der Waals surface area contributed by atoms with Gasteiger partial charge in [0.05, 0.1) is 0 Å². The van der Waals surface area contributed by atoms with Gasteiger partial charge in [0, 0.05) is 18.6 Å². The second-order valence-corrected chi connectivity index (χ2v) is 5.21. The summed E-state index contributed by atoms with van der Waals surface area (Å²) in [7, 11) is 0. The lowest BCUT2D eigenvalue weighted by molar-refractivity contribution is 0.0851. The van der Waals surface area contributed by atoms with E-state index in [4.69, 9.17) is 0 Å². The molecule has 98 valence electrons. The van der Waals surface area contributed by atoms with Gasteiger partial charge < -0.3 is 10.4 Å². The molecule has 0 aromatic carbocycles. The minimum atomic E-state index is -0.494. The number of hydrogen-bond acceptors (Lipinski definition) is 4. The monoisotopic (exact) mass is 252 g/mol. The maximum Gasteiger partial charge on any atom is 0.341 e. The summed E-state index contributed by atoms with van der Waals surface area (Å²) in [5.41, 5.74) is -0.494. The summed E-state index contributed by atoms with van der Waals surface area (Å²) >= 11 is 0. The van der Waals surface area contributed by atoms with Gasteiger partial charge in [0.2, 0.25) is 5.82 Å². The molecule has 0 saturated heterocycles. The fourth-order valence-electron chi connectivity index (χ4n) is 3.50. The molecule has 1 aromatic heterocycles. The number of amides is 1. The molecule has 3 rings (SSSR count). The van der Waals surface area contributed by atoms with Crippen LogP contribution in [0.5, 0.6) is 0 Å². The van der Waals surface area contributed by atoms with E-state index < -0.39 is 5.69 Å². The zero-order valence-electron chi connectivity index (χ0n) is 9.85. The first-order valence-electron chi connectivity index (χ1n) is 6.25. The molecule has 4 unspecified atom stereocenters. The minimum absolute atomic E-state index is 0.000497. The standard InChI is InChI=1S/C11H16N4O3/c16-4-7-5-1-2-6(3-5)8(7)12-10(17)9-13-11(18)15-14-9/h5-8,16H,1-4H2,(H,12,17)(H2,13,14,15,18). The van der Waals surface area contributed by atoms with Crippen molar-refractivity contribution in [1.82, 2.24) is 20.5 Å². The quantitative estimate of drug-likeness (QED) is 0.566. The van der Waals surface area contributed by atoms with Gasteiger partial charge in [-0.15, -0.1) is 5.10 Å². The number of nitrogens with one attached hydrogen (secondary N) is 3. The lowest BCUT2D eigenvalue weighted by Crippen LogP contribution is -2.45. The number of nitrogens with zero attached hydrogens (tertiary/aromatic N) is 1. The number of fused-ring (bicyclic) bond motifs is 2. The molecule has 0 aliphatic heterocycles. The molecule has 2 fully saturated rings. The Morgan fingerprint density at radius 2 is 2.22 bits per heavy atom. The molecule has 1 heterocycles. The van der Waals surface area contributed by atoms with E-state index in [0.717, 1.165) is 19.3 Å². The fraction of sp³-hybridized carbons (Fsp3) is 0.727. The zero-order chi connectivity index (χ0) is 12.7. The zero-order valence-corrected chi connectivity index (χ0v) is 9.85. The van der Waals surface area contributed by atoms with Crippen LogP contribution in [-0.4, -0.2) is 38.8 Å². The molecule has 0 radical (unpaired) electrons. The van der Waals surface area contributed by atoms with Crippen LogP contribution in [0.15, 0.2) is 4.79 Å². The van der Waals surface area contributed by atoms with E-state index in [-0.39, 0.29) is 30.3 Å². The molecular formula is C11H16N4O3. The predicted molar refractivity (Wildman–Crippen MR) is 61.9 cm³/mol. The fourth-order valence-corrected chi connectivity index (χ4v) is 3.50. The van der Waals surface area contributed by atoms with Gasteiger partial charge in [0.1, 0.15) is 0 Å². The van der Waals surface area contributed by atoms with Crippen molar-refractivity contribution in [3.8, 4) is 0 Å². The number of aromatic amines is 2. The highest BCUT2D eigenvalue weighted by molar-refractivity contribution is 5.90. The summed E-state index contributed by atoms with van der Waals surface area (Å²) in [5.74, 6) is 0.715. The predicted octanol–water partition coefficient (Wildman–Crippen LogP) is -0.765. The second kappa shape index (κ2) is 4.24. The molecule has 4 N–H and O–H groups in total. The molecule has 1 aromatic rings. The highest BCUT2D eigenvalue weighted by Gasteiger charge is 2.47. The second-order valence-electron chi connectivity index (χ2n) is 5.21. The molecule has 0 spiro atoms. The van der Waals surface area contributed by atoms with E-state index >= 15 is 0 Å². The van der Waals surface area contributed by atoms with Gasteiger partial charge in [0.15, 0.2) is 0 Å². The van der Waals surface area contributed by atoms with Crippen molar-refractivity contribution in [2.75, 3.05) is 6.61 Å². The third-order valence-electron chi connectivity index (χ3n) is 4.31. The van der Waals surface area contributed by atoms with Crippen LogP contribution in [0, 0.1) is 17.8 Å². The highest BCUT2D eigenvalue weighted by Crippen LogP contribution is 2.48. The van der Waals surface area contributed by atoms with Crippen molar-refractivity contribution in [1.29, 1.82) is 0 Å². The van der Waals surface area contributed by atoms with E-state index in [0.29, 0.717) is 11.8 Å². The van der Waals surface area contributed by atoms with E-state index in [9.17, 15) is 14.7 Å². The molecule has 7 nitrogen and oxygen atoms in total. The Balaban J connectivity index is 1.72. The molecule has 4 atom stereocenters. The average Bonchev–Trinajstić information content (AvgIpc) is 3.03. The number of hydrogen-bond donors (Lipinski definition) is 4. The molecule has 2 aliphatic rings. The summed E-state index contributed by atoms with van der Waals surface area (Å²) in [6.07, 6.45) is 3.32. The Morgan fingerprint density at radius 1 is 1.44 bits per heavy atom. The molecular weight excluding hydrogens is 236 g/mol. The SMILES string of the molecule is O=C(NC1C2CCC(C2)C1CO)c1n[nH]c(=O)[nH]1. The van der Waals surface area contributed by atoms with E-state index in [1.165, 1.54) is 0 Å². The van der Waals surface area contributed by atoms with Gasteiger partial charge in [-0.3, -0.25) is 9.78 Å². The van der Waals surface area contributed by atoms with Crippen LogP contribution in [0.2, 0.25) is 0 Å². The van der Waals surface area contributed by atoms with Gasteiger partial charge in [-0.2, -0.15) is 0 Å². The van der Waals surface area contributed by atoms with Crippen molar-refractivity contribution in [3.63, 3.8) is 0 Å². The normalized spacial score (nSPS) is 33.8. The van der Waals surface area contributed by atoms with Crippen LogP contribution in [0.1, 0.15) is 29.9 Å². The summed E-state index contributed by atoms with van der Waals surface area (Å²) in [6.45, 7) is 0.100. The van der Waals surface area contributed by atoms with Gasteiger partial charge in [-0.05, 0) is 31.1 Å². The van der Waals surface area contributed by atoms with E-state index in [1.807, 2.05) is 0 Å².